The summed E-state index contributed by atoms with van der Waals surface area (Å²) in [6, 6.07) is 5.43. The molecule has 24 heavy (non-hydrogen) atoms. The van der Waals surface area contributed by atoms with E-state index in [4.69, 9.17) is 16.3 Å². The van der Waals surface area contributed by atoms with Crippen LogP contribution in [-0.2, 0) is 11.2 Å². The highest BCUT2D eigenvalue weighted by atomic mass is 35.5. The first-order chi connectivity index (χ1) is 11.7. The molecule has 126 valence electrons. The summed E-state index contributed by atoms with van der Waals surface area (Å²) in [6.07, 6.45) is 4.15. The van der Waals surface area contributed by atoms with E-state index in [1.54, 1.807) is 17.4 Å². The van der Waals surface area contributed by atoms with Gasteiger partial charge in [-0.2, -0.15) is 0 Å². The van der Waals surface area contributed by atoms with Gasteiger partial charge in [0.2, 0.25) is 0 Å². The number of fused-ring (bicyclic) bond motifs is 1. The molecule has 2 aromatic rings. The molecule has 3 heterocycles. The molecule has 2 aliphatic rings. The van der Waals surface area contributed by atoms with Gasteiger partial charge >= 0.3 is 0 Å². The smallest absolute Gasteiger partial charge is 0.267 e. The Labute approximate surface area is 149 Å². The number of ether oxygens (including phenoxy) is 1. The van der Waals surface area contributed by atoms with Gasteiger partial charge in [0.1, 0.15) is 5.75 Å². The first-order valence-corrected chi connectivity index (χ1v) is 9.31. The van der Waals surface area contributed by atoms with E-state index in [0.717, 1.165) is 37.2 Å². The SMILES string of the molecule is O=C(Nc1ncc(C2CCNCC2)s1)C1Cc2cc(Cl)ccc2O1. The minimum atomic E-state index is -0.523. The van der Waals surface area contributed by atoms with E-state index >= 15 is 0 Å². The summed E-state index contributed by atoms with van der Waals surface area (Å²) in [5.74, 6) is 1.12. The second-order valence-electron chi connectivity index (χ2n) is 6.14. The number of aromatic nitrogens is 1. The van der Waals surface area contributed by atoms with Gasteiger partial charge in [0, 0.05) is 22.5 Å². The number of piperidine rings is 1. The summed E-state index contributed by atoms with van der Waals surface area (Å²) in [7, 11) is 0. The van der Waals surface area contributed by atoms with Crippen LogP contribution in [0.25, 0.3) is 0 Å². The van der Waals surface area contributed by atoms with Crippen LogP contribution in [0, 0.1) is 0 Å². The van der Waals surface area contributed by atoms with Gasteiger partial charge in [-0.05, 0) is 55.6 Å². The predicted octanol–water partition coefficient (Wildman–Crippen LogP) is 3.21. The molecule has 2 N–H and O–H groups in total. The van der Waals surface area contributed by atoms with Crippen molar-refractivity contribution in [2.75, 3.05) is 18.4 Å². The van der Waals surface area contributed by atoms with E-state index in [-0.39, 0.29) is 5.91 Å². The lowest BCUT2D eigenvalue weighted by Gasteiger charge is -2.20. The Morgan fingerprint density at radius 3 is 3.04 bits per heavy atom. The number of thiazole rings is 1. The lowest BCUT2D eigenvalue weighted by atomic mass is 9.97. The summed E-state index contributed by atoms with van der Waals surface area (Å²) in [4.78, 5) is 18.0. The lowest BCUT2D eigenvalue weighted by Crippen LogP contribution is -2.31. The first kappa shape index (κ1) is 15.9. The minimum Gasteiger partial charge on any atom is -0.480 e. The standard InChI is InChI=1S/C17H18ClN3O2S/c18-12-1-2-13-11(7-12)8-14(23-13)16(22)21-17-20-9-15(24-17)10-3-5-19-6-4-10/h1-2,7,9-10,14,19H,3-6,8H2,(H,20,21,22). The van der Waals surface area contributed by atoms with Gasteiger partial charge in [-0.3, -0.25) is 10.1 Å². The van der Waals surface area contributed by atoms with Crippen molar-refractivity contribution in [2.45, 2.75) is 31.3 Å². The second-order valence-corrected chi connectivity index (χ2v) is 7.64. The van der Waals surface area contributed by atoms with Crippen LogP contribution in [0.2, 0.25) is 5.02 Å². The van der Waals surface area contributed by atoms with E-state index in [0.29, 0.717) is 22.5 Å². The normalized spacial score (nSPS) is 20.5. The largest absolute Gasteiger partial charge is 0.480 e. The fraction of sp³-hybridized carbons (Fsp3) is 0.412. The Bertz CT molecular complexity index is 758. The van der Waals surface area contributed by atoms with Gasteiger partial charge in [-0.15, -0.1) is 11.3 Å². The highest BCUT2D eigenvalue weighted by Gasteiger charge is 2.30. The monoisotopic (exact) mass is 363 g/mol. The fourth-order valence-electron chi connectivity index (χ4n) is 3.19. The van der Waals surface area contributed by atoms with Crippen LogP contribution >= 0.6 is 22.9 Å². The van der Waals surface area contributed by atoms with Gasteiger partial charge in [-0.1, -0.05) is 11.6 Å². The predicted molar refractivity (Wildman–Crippen MR) is 95.2 cm³/mol. The average Bonchev–Trinajstić information content (AvgIpc) is 3.22. The fourth-order valence-corrected chi connectivity index (χ4v) is 4.37. The van der Waals surface area contributed by atoms with Crippen molar-refractivity contribution in [1.82, 2.24) is 10.3 Å². The Hall–Kier alpha value is -1.63. The number of nitrogens with one attached hydrogen (secondary N) is 2. The van der Waals surface area contributed by atoms with Crippen LogP contribution in [0.1, 0.15) is 29.2 Å². The van der Waals surface area contributed by atoms with Crippen LogP contribution in [-0.4, -0.2) is 30.1 Å². The van der Waals surface area contributed by atoms with Crippen LogP contribution in [0.15, 0.2) is 24.4 Å². The number of carbonyl (C=O) groups excluding carboxylic acids is 1. The van der Waals surface area contributed by atoms with E-state index in [1.165, 1.54) is 4.88 Å². The highest BCUT2D eigenvalue weighted by Crippen LogP contribution is 2.33. The van der Waals surface area contributed by atoms with Crippen LogP contribution < -0.4 is 15.4 Å². The quantitative estimate of drug-likeness (QED) is 0.879. The molecule has 1 atom stereocenters. The molecule has 1 saturated heterocycles. The molecule has 1 aromatic carbocycles. The van der Waals surface area contributed by atoms with E-state index < -0.39 is 6.10 Å². The van der Waals surface area contributed by atoms with Gasteiger partial charge < -0.3 is 10.1 Å². The number of amides is 1. The molecular formula is C17H18ClN3O2S. The van der Waals surface area contributed by atoms with Crippen molar-refractivity contribution in [3.63, 3.8) is 0 Å². The van der Waals surface area contributed by atoms with Gasteiger partial charge in [-0.25, -0.2) is 4.98 Å². The van der Waals surface area contributed by atoms with Crippen molar-refractivity contribution < 1.29 is 9.53 Å². The van der Waals surface area contributed by atoms with Crippen molar-refractivity contribution in [1.29, 1.82) is 0 Å². The number of nitrogens with zero attached hydrogens (tertiary/aromatic N) is 1. The number of anilines is 1. The lowest BCUT2D eigenvalue weighted by molar-refractivity contribution is -0.122. The maximum absolute atomic E-state index is 12.4. The zero-order valence-electron chi connectivity index (χ0n) is 13.0. The molecule has 0 saturated carbocycles. The van der Waals surface area contributed by atoms with Crippen molar-refractivity contribution in [2.24, 2.45) is 0 Å². The molecule has 0 radical (unpaired) electrons. The zero-order valence-corrected chi connectivity index (χ0v) is 14.6. The summed E-state index contributed by atoms with van der Waals surface area (Å²) in [5, 5.41) is 7.55. The average molecular weight is 364 g/mol. The third-order valence-electron chi connectivity index (χ3n) is 4.48. The number of halogens is 1. The Kier molecular flexibility index (Phi) is 4.43. The molecule has 0 aliphatic carbocycles. The van der Waals surface area contributed by atoms with Gasteiger partial charge in [0.05, 0.1) is 0 Å². The molecule has 1 amide bonds. The number of hydrogen-bond donors (Lipinski definition) is 2. The molecule has 4 rings (SSSR count). The molecule has 0 spiro atoms. The second kappa shape index (κ2) is 6.70. The van der Waals surface area contributed by atoms with Crippen molar-refractivity contribution >= 4 is 34.0 Å². The molecule has 2 aliphatic heterocycles. The number of hydrogen-bond acceptors (Lipinski definition) is 5. The molecule has 1 fully saturated rings. The maximum Gasteiger partial charge on any atom is 0.267 e. The summed E-state index contributed by atoms with van der Waals surface area (Å²) < 4.78 is 5.72. The number of carbonyl (C=O) groups is 1. The van der Waals surface area contributed by atoms with E-state index in [1.807, 2.05) is 18.3 Å². The van der Waals surface area contributed by atoms with Crippen LogP contribution in [0.5, 0.6) is 5.75 Å². The Morgan fingerprint density at radius 2 is 2.21 bits per heavy atom. The van der Waals surface area contributed by atoms with E-state index in [9.17, 15) is 4.79 Å². The van der Waals surface area contributed by atoms with Crippen LogP contribution in [0.4, 0.5) is 5.13 Å². The third-order valence-corrected chi connectivity index (χ3v) is 5.80. The first-order valence-electron chi connectivity index (χ1n) is 8.11. The molecule has 7 heteroatoms. The molecular weight excluding hydrogens is 346 g/mol. The maximum atomic E-state index is 12.4. The number of benzene rings is 1. The third kappa shape index (κ3) is 3.27. The summed E-state index contributed by atoms with van der Waals surface area (Å²) in [5.41, 5.74) is 0.970. The van der Waals surface area contributed by atoms with Crippen molar-refractivity contribution in [3.05, 3.63) is 39.9 Å². The van der Waals surface area contributed by atoms with Crippen molar-refractivity contribution in [3.8, 4) is 5.75 Å². The zero-order chi connectivity index (χ0) is 16.5. The summed E-state index contributed by atoms with van der Waals surface area (Å²) in [6.45, 7) is 2.09. The number of rotatable bonds is 3. The Morgan fingerprint density at radius 1 is 1.38 bits per heavy atom. The molecule has 1 unspecified atom stereocenters. The molecule has 1 aromatic heterocycles. The summed E-state index contributed by atoms with van der Waals surface area (Å²) >= 11 is 7.55. The van der Waals surface area contributed by atoms with Gasteiger partial charge in [0.25, 0.3) is 5.91 Å². The van der Waals surface area contributed by atoms with Crippen LogP contribution in [0.3, 0.4) is 0 Å². The molecule has 5 nitrogen and oxygen atoms in total. The Balaban J connectivity index is 1.39. The van der Waals surface area contributed by atoms with Gasteiger partial charge in [0.15, 0.2) is 11.2 Å². The molecule has 0 bridgehead atoms. The highest BCUT2D eigenvalue weighted by molar-refractivity contribution is 7.15. The minimum absolute atomic E-state index is 0.159. The van der Waals surface area contributed by atoms with E-state index in [2.05, 4.69) is 15.6 Å². The topological polar surface area (TPSA) is 63.2 Å².